The van der Waals surface area contributed by atoms with E-state index in [-0.39, 0.29) is 0 Å². The van der Waals surface area contributed by atoms with Crippen molar-refractivity contribution in [2.75, 3.05) is 32.7 Å². The van der Waals surface area contributed by atoms with Gasteiger partial charge in [-0.05, 0) is 55.2 Å². The van der Waals surface area contributed by atoms with Crippen molar-refractivity contribution in [3.05, 3.63) is 18.0 Å². The van der Waals surface area contributed by atoms with Crippen molar-refractivity contribution in [2.45, 2.75) is 25.7 Å². The summed E-state index contributed by atoms with van der Waals surface area (Å²) in [7, 11) is 1.97. The SMILES string of the molecule is Cn1cc(CC(CN)CN2C[C@@H]3CCC[C@]3(CN)C2)cn1. The number of nitrogens with zero attached hydrogens (tertiary/aromatic N) is 3. The second-order valence-electron chi connectivity index (χ2n) is 7.18. The van der Waals surface area contributed by atoms with Gasteiger partial charge in [0, 0.05) is 32.9 Å². The number of aryl methyl sites for hydroxylation is 1. The minimum absolute atomic E-state index is 0.410. The van der Waals surface area contributed by atoms with Gasteiger partial charge < -0.3 is 16.4 Å². The molecule has 1 saturated heterocycles. The Morgan fingerprint density at radius 2 is 2.33 bits per heavy atom. The Morgan fingerprint density at radius 1 is 1.48 bits per heavy atom. The Kier molecular flexibility index (Phi) is 4.33. The molecular weight excluding hydrogens is 262 g/mol. The van der Waals surface area contributed by atoms with Crippen LogP contribution >= 0.6 is 0 Å². The van der Waals surface area contributed by atoms with Crippen molar-refractivity contribution in [3.8, 4) is 0 Å². The van der Waals surface area contributed by atoms with Crippen molar-refractivity contribution in [3.63, 3.8) is 0 Å². The molecule has 0 aromatic carbocycles. The van der Waals surface area contributed by atoms with Gasteiger partial charge in [-0.15, -0.1) is 0 Å². The van der Waals surface area contributed by atoms with E-state index in [0.29, 0.717) is 11.3 Å². The van der Waals surface area contributed by atoms with Crippen LogP contribution in [-0.2, 0) is 13.5 Å². The monoisotopic (exact) mass is 291 g/mol. The largest absolute Gasteiger partial charge is 0.330 e. The Balaban J connectivity index is 1.58. The summed E-state index contributed by atoms with van der Waals surface area (Å²) < 4.78 is 1.87. The van der Waals surface area contributed by atoms with Crippen molar-refractivity contribution in [1.82, 2.24) is 14.7 Å². The molecule has 3 rings (SSSR count). The second kappa shape index (κ2) is 6.07. The molecule has 1 saturated carbocycles. The van der Waals surface area contributed by atoms with E-state index in [1.54, 1.807) is 0 Å². The minimum atomic E-state index is 0.410. The summed E-state index contributed by atoms with van der Waals surface area (Å²) >= 11 is 0. The Bertz CT molecular complexity index is 471. The first-order valence-corrected chi connectivity index (χ1v) is 8.25. The smallest absolute Gasteiger partial charge is 0.0521 e. The molecule has 21 heavy (non-hydrogen) atoms. The third-order valence-corrected chi connectivity index (χ3v) is 5.65. The third-order valence-electron chi connectivity index (χ3n) is 5.65. The summed E-state index contributed by atoms with van der Waals surface area (Å²) in [6, 6.07) is 0. The number of nitrogens with two attached hydrogens (primary N) is 2. The lowest BCUT2D eigenvalue weighted by atomic mass is 9.81. The minimum Gasteiger partial charge on any atom is -0.330 e. The van der Waals surface area contributed by atoms with Gasteiger partial charge in [0.15, 0.2) is 0 Å². The summed E-state index contributed by atoms with van der Waals surface area (Å²) in [5.74, 6) is 1.34. The van der Waals surface area contributed by atoms with E-state index in [1.165, 1.54) is 37.9 Å². The second-order valence-corrected chi connectivity index (χ2v) is 7.18. The predicted molar refractivity (Wildman–Crippen MR) is 84.7 cm³/mol. The van der Waals surface area contributed by atoms with Crippen LogP contribution < -0.4 is 11.5 Å². The molecule has 2 heterocycles. The number of fused-ring (bicyclic) bond motifs is 1. The first-order chi connectivity index (χ1) is 10.1. The zero-order valence-corrected chi connectivity index (χ0v) is 13.2. The normalized spacial score (nSPS) is 30.7. The molecule has 5 nitrogen and oxygen atoms in total. The van der Waals surface area contributed by atoms with Gasteiger partial charge in [0.1, 0.15) is 0 Å². The van der Waals surface area contributed by atoms with Crippen LogP contribution in [0.15, 0.2) is 12.4 Å². The molecule has 1 aromatic heterocycles. The molecule has 5 heteroatoms. The number of rotatable bonds is 6. The highest BCUT2D eigenvalue weighted by molar-refractivity contribution is 5.06. The average molecular weight is 291 g/mol. The van der Waals surface area contributed by atoms with E-state index in [0.717, 1.165) is 32.0 Å². The van der Waals surface area contributed by atoms with Gasteiger partial charge in [-0.2, -0.15) is 5.10 Å². The van der Waals surface area contributed by atoms with Crippen LogP contribution in [0.2, 0.25) is 0 Å². The van der Waals surface area contributed by atoms with E-state index in [1.807, 2.05) is 17.9 Å². The number of likely N-dealkylation sites (tertiary alicyclic amines) is 1. The highest BCUT2D eigenvalue weighted by Crippen LogP contribution is 2.47. The molecule has 118 valence electrons. The van der Waals surface area contributed by atoms with Crippen LogP contribution in [0.3, 0.4) is 0 Å². The molecule has 1 unspecified atom stereocenters. The van der Waals surface area contributed by atoms with Crippen molar-refractivity contribution in [1.29, 1.82) is 0 Å². The molecular formula is C16H29N5. The maximum absolute atomic E-state index is 6.10. The molecule has 0 bridgehead atoms. The maximum Gasteiger partial charge on any atom is 0.0521 e. The van der Waals surface area contributed by atoms with Gasteiger partial charge in [-0.1, -0.05) is 6.42 Å². The lowest BCUT2D eigenvalue weighted by Gasteiger charge is -2.28. The molecule has 0 radical (unpaired) electrons. The summed E-state index contributed by atoms with van der Waals surface area (Å²) in [5, 5.41) is 4.25. The quantitative estimate of drug-likeness (QED) is 0.805. The Hall–Kier alpha value is -0.910. The average Bonchev–Trinajstić information content (AvgIpc) is 3.12. The fraction of sp³-hybridized carbons (Fsp3) is 0.812. The Labute approximate surface area is 127 Å². The van der Waals surface area contributed by atoms with Crippen molar-refractivity contribution >= 4 is 0 Å². The molecule has 2 aliphatic rings. The number of hydrogen-bond donors (Lipinski definition) is 2. The van der Waals surface area contributed by atoms with Gasteiger partial charge in [0.05, 0.1) is 6.20 Å². The number of aromatic nitrogens is 2. The zero-order chi connectivity index (χ0) is 14.9. The number of hydrogen-bond acceptors (Lipinski definition) is 4. The first kappa shape index (κ1) is 15.0. The first-order valence-electron chi connectivity index (χ1n) is 8.25. The van der Waals surface area contributed by atoms with Crippen LogP contribution in [0, 0.1) is 17.3 Å². The molecule has 1 aromatic rings. The van der Waals surface area contributed by atoms with Crippen LogP contribution in [-0.4, -0.2) is 47.4 Å². The summed E-state index contributed by atoms with van der Waals surface area (Å²) in [5.41, 5.74) is 13.8. The lowest BCUT2D eigenvalue weighted by molar-refractivity contribution is 0.227. The van der Waals surface area contributed by atoms with Gasteiger partial charge in [0.2, 0.25) is 0 Å². The van der Waals surface area contributed by atoms with Crippen molar-refractivity contribution < 1.29 is 0 Å². The van der Waals surface area contributed by atoms with E-state index in [2.05, 4.69) is 16.2 Å². The highest BCUT2D eigenvalue weighted by Gasteiger charge is 2.48. The zero-order valence-electron chi connectivity index (χ0n) is 13.2. The van der Waals surface area contributed by atoms with Crippen LogP contribution in [0.4, 0.5) is 0 Å². The third kappa shape index (κ3) is 3.00. The maximum atomic E-state index is 6.10. The van der Waals surface area contributed by atoms with Gasteiger partial charge in [-0.25, -0.2) is 0 Å². The summed E-state index contributed by atoms with van der Waals surface area (Å²) in [6.45, 7) is 5.10. The van der Waals surface area contributed by atoms with Crippen LogP contribution in [0.5, 0.6) is 0 Å². The molecule has 1 aliphatic carbocycles. The Morgan fingerprint density at radius 3 is 2.95 bits per heavy atom. The molecule has 2 fully saturated rings. The van der Waals surface area contributed by atoms with Gasteiger partial charge >= 0.3 is 0 Å². The topological polar surface area (TPSA) is 73.1 Å². The molecule has 4 N–H and O–H groups in total. The molecule has 0 amide bonds. The van der Waals surface area contributed by atoms with E-state index in [4.69, 9.17) is 11.5 Å². The standard InChI is InChI=1S/C16H29N5/c1-20-8-14(7-19-20)5-13(6-17)9-21-10-15-3-2-4-16(15,11-18)12-21/h7-8,13,15H,2-6,9-12,17-18H2,1H3/t13?,15-,16-/m0/s1. The summed E-state index contributed by atoms with van der Waals surface area (Å²) in [4.78, 5) is 2.62. The predicted octanol–water partition coefficient (Wildman–Crippen LogP) is 0.598. The highest BCUT2D eigenvalue weighted by atomic mass is 15.2. The fourth-order valence-electron chi connectivity index (χ4n) is 4.50. The van der Waals surface area contributed by atoms with Crippen molar-refractivity contribution in [2.24, 2.45) is 35.8 Å². The van der Waals surface area contributed by atoms with Crippen LogP contribution in [0.1, 0.15) is 24.8 Å². The summed E-state index contributed by atoms with van der Waals surface area (Å²) in [6.07, 6.45) is 9.14. The molecule has 3 atom stereocenters. The van der Waals surface area contributed by atoms with E-state index >= 15 is 0 Å². The lowest BCUT2D eigenvalue weighted by Crippen LogP contribution is -2.37. The molecule has 0 spiro atoms. The van der Waals surface area contributed by atoms with E-state index in [9.17, 15) is 0 Å². The van der Waals surface area contributed by atoms with Crippen LogP contribution in [0.25, 0.3) is 0 Å². The van der Waals surface area contributed by atoms with Gasteiger partial charge in [-0.3, -0.25) is 4.68 Å². The van der Waals surface area contributed by atoms with E-state index < -0.39 is 0 Å². The van der Waals surface area contributed by atoms with Gasteiger partial charge in [0.25, 0.3) is 0 Å². The fourth-order valence-corrected chi connectivity index (χ4v) is 4.50. The molecule has 1 aliphatic heterocycles.